The fourth-order valence-electron chi connectivity index (χ4n) is 3.51. The first-order valence-electron chi connectivity index (χ1n) is 9.59. The largest absolute Gasteiger partial charge is 0.477 e. The predicted octanol–water partition coefficient (Wildman–Crippen LogP) is 2.81. The number of aromatic amines is 1. The molecule has 1 fully saturated rings. The van der Waals surface area contributed by atoms with Crippen LogP contribution in [-0.4, -0.2) is 53.6 Å². The van der Waals surface area contributed by atoms with Crippen molar-refractivity contribution in [2.24, 2.45) is 5.92 Å². The van der Waals surface area contributed by atoms with Crippen molar-refractivity contribution in [1.29, 1.82) is 0 Å². The first kappa shape index (κ1) is 18.4. The van der Waals surface area contributed by atoms with Gasteiger partial charge >= 0.3 is 0 Å². The number of pyridine rings is 1. The molecule has 7 nitrogen and oxygen atoms in total. The minimum absolute atomic E-state index is 0.208. The van der Waals surface area contributed by atoms with E-state index >= 15 is 0 Å². The van der Waals surface area contributed by atoms with Crippen LogP contribution in [0, 0.1) is 5.92 Å². The Kier molecular flexibility index (Phi) is 5.25. The minimum Gasteiger partial charge on any atom is -0.477 e. The van der Waals surface area contributed by atoms with Gasteiger partial charge in [-0.05, 0) is 63.2 Å². The summed E-state index contributed by atoms with van der Waals surface area (Å²) in [7, 11) is 4.14. The summed E-state index contributed by atoms with van der Waals surface area (Å²) in [6.07, 6.45) is 5.39. The Bertz CT molecular complexity index is 1010. The molecular weight excluding hydrogens is 354 g/mol. The highest BCUT2D eigenvalue weighted by atomic mass is 16.5. The SMILES string of the molecule is CN1CCC(COc2cc(N(C)c3ccc4ncc(=O)[nH]c4c3)ccn2)CC1. The van der Waals surface area contributed by atoms with Crippen molar-refractivity contribution in [3.05, 3.63) is 53.1 Å². The molecule has 28 heavy (non-hydrogen) atoms. The van der Waals surface area contributed by atoms with E-state index in [1.807, 2.05) is 42.3 Å². The Morgan fingerprint density at radius 1 is 1.18 bits per heavy atom. The van der Waals surface area contributed by atoms with Crippen molar-refractivity contribution in [2.75, 3.05) is 38.7 Å². The van der Waals surface area contributed by atoms with Crippen molar-refractivity contribution < 1.29 is 4.74 Å². The first-order valence-corrected chi connectivity index (χ1v) is 9.59. The van der Waals surface area contributed by atoms with Crippen LogP contribution in [0.15, 0.2) is 47.5 Å². The maximum Gasteiger partial charge on any atom is 0.266 e. The molecule has 3 aromatic rings. The normalized spacial score (nSPS) is 15.6. The van der Waals surface area contributed by atoms with Crippen LogP contribution in [-0.2, 0) is 0 Å². The van der Waals surface area contributed by atoms with Crippen LogP contribution in [0.5, 0.6) is 5.88 Å². The van der Waals surface area contributed by atoms with E-state index in [4.69, 9.17) is 4.74 Å². The van der Waals surface area contributed by atoms with Gasteiger partial charge in [0.1, 0.15) is 0 Å². The molecule has 1 saturated heterocycles. The Balaban J connectivity index is 1.48. The highest BCUT2D eigenvalue weighted by Gasteiger charge is 2.17. The number of benzene rings is 1. The summed E-state index contributed by atoms with van der Waals surface area (Å²) in [6.45, 7) is 2.96. The average Bonchev–Trinajstić information content (AvgIpc) is 2.72. The number of nitrogens with one attached hydrogen (secondary N) is 1. The van der Waals surface area contributed by atoms with Crippen molar-refractivity contribution >= 4 is 22.4 Å². The topological polar surface area (TPSA) is 74.3 Å². The number of ether oxygens (including phenoxy) is 1. The van der Waals surface area contributed by atoms with Gasteiger partial charge in [0.2, 0.25) is 5.88 Å². The molecule has 0 unspecified atom stereocenters. The van der Waals surface area contributed by atoms with E-state index in [0.29, 0.717) is 23.9 Å². The van der Waals surface area contributed by atoms with Gasteiger partial charge in [-0.1, -0.05) is 0 Å². The highest BCUT2D eigenvalue weighted by molar-refractivity contribution is 5.80. The molecule has 1 aliphatic rings. The second kappa shape index (κ2) is 7.98. The predicted molar refractivity (Wildman–Crippen MR) is 110 cm³/mol. The molecule has 1 N–H and O–H groups in total. The molecule has 0 amide bonds. The van der Waals surface area contributed by atoms with E-state index in [-0.39, 0.29) is 5.56 Å². The zero-order valence-corrected chi connectivity index (χ0v) is 16.3. The molecule has 7 heteroatoms. The summed E-state index contributed by atoms with van der Waals surface area (Å²) >= 11 is 0. The molecule has 1 aromatic carbocycles. The number of fused-ring (bicyclic) bond motifs is 1. The number of hydrogen-bond donors (Lipinski definition) is 1. The highest BCUT2D eigenvalue weighted by Crippen LogP contribution is 2.27. The zero-order valence-electron chi connectivity index (χ0n) is 16.3. The lowest BCUT2D eigenvalue weighted by Crippen LogP contribution is -2.32. The van der Waals surface area contributed by atoms with E-state index in [2.05, 4.69) is 26.9 Å². The smallest absolute Gasteiger partial charge is 0.266 e. The van der Waals surface area contributed by atoms with E-state index in [1.165, 1.54) is 19.0 Å². The van der Waals surface area contributed by atoms with Crippen LogP contribution < -0.4 is 15.2 Å². The van der Waals surface area contributed by atoms with Crippen LogP contribution in [0.3, 0.4) is 0 Å². The summed E-state index contributed by atoms with van der Waals surface area (Å²) in [6, 6.07) is 9.69. The number of likely N-dealkylation sites (tertiary alicyclic amines) is 1. The quantitative estimate of drug-likeness (QED) is 0.735. The number of H-pyrrole nitrogens is 1. The number of aromatic nitrogens is 3. The van der Waals surface area contributed by atoms with Crippen LogP contribution in [0.4, 0.5) is 11.4 Å². The van der Waals surface area contributed by atoms with Crippen LogP contribution in [0.2, 0.25) is 0 Å². The van der Waals surface area contributed by atoms with Gasteiger partial charge in [-0.15, -0.1) is 0 Å². The Hall–Kier alpha value is -2.93. The summed E-state index contributed by atoms with van der Waals surface area (Å²) in [4.78, 5) is 27.3. The Morgan fingerprint density at radius 2 is 1.96 bits per heavy atom. The molecule has 0 bridgehead atoms. The van der Waals surface area contributed by atoms with E-state index in [1.54, 1.807) is 6.20 Å². The molecule has 0 atom stereocenters. The third-order valence-electron chi connectivity index (χ3n) is 5.36. The molecule has 1 aliphatic heterocycles. The Labute approximate surface area is 164 Å². The number of anilines is 2. The summed E-state index contributed by atoms with van der Waals surface area (Å²) < 4.78 is 5.98. The lowest BCUT2D eigenvalue weighted by Gasteiger charge is -2.28. The summed E-state index contributed by atoms with van der Waals surface area (Å²) in [5, 5.41) is 0. The standard InChI is InChI=1S/C21H25N5O2/c1-25-9-6-15(7-10-25)14-28-21-12-17(5-8-22-21)26(2)16-3-4-18-19(11-16)24-20(27)13-23-18/h3-5,8,11-13,15H,6-7,9-10,14H2,1-2H3,(H,24,27). The fourth-order valence-corrected chi connectivity index (χ4v) is 3.51. The van der Waals surface area contributed by atoms with Gasteiger partial charge in [-0.3, -0.25) is 4.79 Å². The molecule has 0 saturated carbocycles. The van der Waals surface area contributed by atoms with Gasteiger partial charge in [0.25, 0.3) is 5.56 Å². The third-order valence-corrected chi connectivity index (χ3v) is 5.36. The summed E-state index contributed by atoms with van der Waals surface area (Å²) in [5.41, 5.74) is 3.18. The average molecular weight is 379 g/mol. The lowest BCUT2D eigenvalue weighted by molar-refractivity contribution is 0.157. The molecule has 3 heterocycles. The van der Waals surface area contributed by atoms with E-state index in [9.17, 15) is 4.79 Å². The lowest BCUT2D eigenvalue weighted by atomic mass is 9.98. The molecule has 0 aliphatic carbocycles. The van der Waals surface area contributed by atoms with Gasteiger partial charge in [0.05, 0.1) is 23.8 Å². The van der Waals surface area contributed by atoms with Gasteiger partial charge in [-0.2, -0.15) is 0 Å². The number of piperidine rings is 1. The maximum absolute atomic E-state index is 11.5. The Morgan fingerprint density at radius 3 is 2.79 bits per heavy atom. The van der Waals surface area contributed by atoms with Crippen LogP contribution >= 0.6 is 0 Å². The minimum atomic E-state index is -0.208. The molecule has 146 valence electrons. The van der Waals surface area contributed by atoms with Gasteiger partial charge in [0, 0.05) is 30.7 Å². The van der Waals surface area contributed by atoms with Crippen LogP contribution in [0.1, 0.15) is 12.8 Å². The van der Waals surface area contributed by atoms with Crippen LogP contribution in [0.25, 0.3) is 11.0 Å². The zero-order chi connectivity index (χ0) is 19.5. The number of rotatable bonds is 5. The molecule has 4 rings (SSSR count). The first-order chi connectivity index (χ1) is 13.6. The molecule has 0 radical (unpaired) electrons. The van der Waals surface area contributed by atoms with E-state index in [0.717, 1.165) is 30.0 Å². The van der Waals surface area contributed by atoms with Crippen molar-refractivity contribution in [1.82, 2.24) is 19.9 Å². The molecule has 2 aromatic heterocycles. The van der Waals surface area contributed by atoms with Gasteiger partial charge in [0.15, 0.2) is 0 Å². The summed E-state index contributed by atoms with van der Waals surface area (Å²) in [5.74, 6) is 1.23. The van der Waals surface area contributed by atoms with Gasteiger partial charge in [-0.25, -0.2) is 9.97 Å². The van der Waals surface area contributed by atoms with Crippen molar-refractivity contribution in [3.8, 4) is 5.88 Å². The van der Waals surface area contributed by atoms with E-state index < -0.39 is 0 Å². The van der Waals surface area contributed by atoms with Crippen molar-refractivity contribution in [3.63, 3.8) is 0 Å². The number of nitrogens with zero attached hydrogens (tertiary/aromatic N) is 4. The monoisotopic (exact) mass is 379 g/mol. The second-order valence-electron chi connectivity index (χ2n) is 7.42. The third kappa shape index (κ3) is 4.14. The molecule has 0 spiro atoms. The van der Waals surface area contributed by atoms with Crippen molar-refractivity contribution in [2.45, 2.75) is 12.8 Å². The maximum atomic E-state index is 11.5. The molecular formula is C21H25N5O2. The fraction of sp³-hybridized carbons (Fsp3) is 0.381. The van der Waals surface area contributed by atoms with Gasteiger partial charge < -0.3 is 19.5 Å². The second-order valence-corrected chi connectivity index (χ2v) is 7.42. The number of hydrogen-bond acceptors (Lipinski definition) is 6.